The van der Waals surface area contributed by atoms with Crippen LogP contribution in [0.5, 0.6) is 11.5 Å². The first-order valence-electron chi connectivity index (χ1n) is 10.6. The molecule has 3 rings (SSSR count). The fraction of sp³-hybridized carbons (Fsp3) is 0.333. The van der Waals surface area contributed by atoms with Crippen molar-refractivity contribution in [2.24, 2.45) is 4.99 Å². The van der Waals surface area contributed by atoms with Gasteiger partial charge in [-0.2, -0.15) is 4.99 Å². The molecule has 0 unspecified atom stereocenters. The van der Waals surface area contributed by atoms with Gasteiger partial charge >= 0.3 is 11.9 Å². The van der Waals surface area contributed by atoms with E-state index in [9.17, 15) is 14.4 Å². The van der Waals surface area contributed by atoms with E-state index in [2.05, 4.69) is 4.99 Å². The van der Waals surface area contributed by atoms with Crippen LogP contribution in [0.25, 0.3) is 10.2 Å². The van der Waals surface area contributed by atoms with Crippen LogP contribution in [0, 0.1) is 0 Å². The van der Waals surface area contributed by atoms with Crippen LogP contribution in [-0.2, 0) is 32.0 Å². The van der Waals surface area contributed by atoms with E-state index in [1.54, 1.807) is 54.8 Å². The van der Waals surface area contributed by atoms with Crippen LogP contribution in [0.4, 0.5) is 0 Å². The Morgan fingerprint density at radius 1 is 0.941 bits per heavy atom. The summed E-state index contributed by atoms with van der Waals surface area (Å²) in [4.78, 5) is 41.7. The van der Waals surface area contributed by atoms with Gasteiger partial charge < -0.3 is 23.5 Å². The summed E-state index contributed by atoms with van der Waals surface area (Å²) in [5.41, 5.74) is 1.74. The maximum atomic E-state index is 12.8. The molecule has 0 fully saturated rings. The van der Waals surface area contributed by atoms with Crippen LogP contribution in [-0.4, -0.2) is 49.8 Å². The zero-order valence-electron chi connectivity index (χ0n) is 19.5. The molecule has 1 heterocycles. The number of thiazole rings is 1. The highest BCUT2D eigenvalue weighted by molar-refractivity contribution is 7.16. The maximum absolute atomic E-state index is 12.8. The first-order valence-corrected chi connectivity index (χ1v) is 11.5. The zero-order chi connectivity index (χ0) is 24.7. The molecule has 1 amide bonds. The number of amides is 1. The van der Waals surface area contributed by atoms with Crippen molar-refractivity contribution in [2.45, 2.75) is 26.8 Å². The van der Waals surface area contributed by atoms with E-state index >= 15 is 0 Å². The molecule has 0 N–H and O–H groups in total. The largest absolute Gasteiger partial charge is 0.493 e. The first-order chi connectivity index (χ1) is 16.4. The molecule has 0 saturated carbocycles. The second kappa shape index (κ2) is 11.5. The third kappa shape index (κ3) is 5.82. The highest BCUT2D eigenvalue weighted by Gasteiger charge is 2.15. The first kappa shape index (κ1) is 25.0. The van der Waals surface area contributed by atoms with E-state index in [1.165, 1.54) is 25.6 Å². The van der Waals surface area contributed by atoms with E-state index in [0.29, 0.717) is 37.6 Å². The van der Waals surface area contributed by atoms with Crippen LogP contribution in [0.3, 0.4) is 0 Å². The SMILES string of the molecule is CCOC(=O)Cn1c(=NC(=O)Cc2ccc(OC)c(OC)c2)sc2cc(C(=O)OCC)ccc21. The van der Waals surface area contributed by atoms with E-state index in [-0.39, 0.29) is 26.2 Å². The van der Waals surface area contributed by atoms with Crippen molar-refractivity contribution in [1.29, 1.82) is 0 Å². The van der Waals surface area contributed by atoms with E-state index in [4.69, 9.17) is 18.9 Å². The van der Waals surface area contributed by atoms with Crippen LogP contribution in [0.15, 0.2) is 41.4 Å². The quantitative estimate of drug-likeness (QED) is 0.428. The van der Waals surface area contributed by atoms with Crippen molar-refractivity contribution in [2.75, 3.05) is 27.4 Å². The third-order valence-electron chi connectivity index (χ3n) is 4.81. The molecule has 180 valence electrons. The predicted octanol–water partition coefficient (Wildman–Crippen LogP) is 3.13. The van der Waals surface area contributed by atoms with Gasteiger partial charge in [0.15, 0.2) is 16.3 Å². The Kier molecular flexibility index (Phi) is 8.42. The Morgan fingerprint density at radius 2 is 1.68 bits per heavy atom. The number of rotatable bonds is 9. The summed E-state index contributed by atoms with van der Waals surface area (Å²) in [7, 11) is 3.06. The molecule has 10 heteroatoms. The number of nitrogens with zero attached hydrogens (tertiary/aromatic N) is 2. The highest BCUT2D eigenvalue weighted by atomic mass is 32.1. The predicted molar refractivity (Wildman–Crippen MR) is 126 cm³/mol. The summed E-state index contributed by atoms with van der Waals surface area (Å²) in [5.74, 6) is -0.228. The molecule has 34 heavy (non-hydrogen) atoms. The summed E-state index contributed by atoms with van der Waals surface area (Å²) in [5, 5.41) is 0. The maximum Gasteiger partial charge on any atom is 0.338 e. The average molecular weight is 487 g/mol. The van der Waals surface area contributed by atoms with Gasteiger partial charge in [-0.15, -0.1) is 0 Å². The molecular weight excluding hydrogens is 460 g/mol. The molecule has 0 radical (unpaired) electrons. The molecule has 0 saturated heterocycles. The average Bonchev–Trinajstić information content (AvgIpc) is 3.14. The normalized spacial score (nSPS) is 11.4. The van der Waals surface area contributed by atoms with E-state index in [0.717, 1.165) is 0 Å². The summed E-state index contributed by atoms with van der Waals surface area (Å²) in [6.45, 7) is 3.83. The fourth-order valence-corrected chi connectivity index (χ4v) is 4.39. The van der Waals surface area contributed by atoms with Crippen molar-refractivity contribution in [1.82, 2.24) is 4.57 Å². The number of ether oxygens (including phenoxy) is 4. The smallest absolute Gasteiger partial charge is 0.338 e. The van der Waals surface area contributed by atoms with Gasteiger partial charge in [0.1, 0.15) is 6.54 Å². The summed E-state index contributed by atoms with van der Waals surface area (Å²) in [6.07, 6.45) is 0.0298. The number of fused-ring (bicyclic) bond motifs is 1. The monoisotopic (exact) mass is 486 g/mol. The fourth-order valence-electron chi connectivity index (χ4n) is 3.30. The number of aromatic nitrogens is 1. The molecule has 0 bridgehead atoms. The molecule has 0 aliphatic heterocycles. The van der Waals surface area contributed by atoms with Gasteiger partial charge in [0.25, 0.3) is 5.91 Å². The lowest BCUT2D eigenvalue weighted by Crippen LogP contribution is -2.23. The molecule has 2 aromatic carbocycles. The lowest BCUT2D eigenvalue weighted by molar-refractivity contribution is -0.143. The Bertz CT molecular complexity index is 1280. The van der Waals surface area contributed by atoms with Gasteiger partial charge in [0.2, 0.25) is 0 Å². The number of benzene rings is 2. The Morgan fingerprint density at radius 3 is 2.35 bits per heavy atom. The standard InChI is InChI=1S/C24H26N2O7S/c1-5-32-22(28)14-26-17-9-8-16(23(29)33-6-2)13-20(17)34-24(26)25-21(27)12-15-7-10-18(30-3)19(11-15)31-4/h7-11,13H,5-6,12,14H2,1-4H3. The van der Waals surface area contributed by atoms with Gasteiger partial charge in [-0.25, -0.2) is 4.79 Å². The third-order valence-corrected chi connectivity index (χ3v) is 5.85. The Balaban J connectivity index is 2.00. The molecule has 0 aliphatic rings. The van der Waals surface area contributed by atoms with Crippen molar-refractivity contribution >= 4 is 39.4 Å². The number of hydrogen-bond donors (Lipinski definition) is 0. The number of methoxy groups -OCH3 is 2. The van der Waals surface area contributed by atoms with Crippen molar-refractivity contribution in [3.05, 3.63) is 52.3 Å². The van der Waals surface area contributed by atoms with Gasteiger partial charge in [0.05, 0.1) is 49.6 Å². The molecule has 3 aromatic rings. The second-order valence-corrected chi connectivity index (χ2v) is 8.06. The highest BCUT2D eigenvalue weighted by Crippen LogP contribution is 2.28. The topological polar surface area (TPSA) is 105 Å². The molecule has 0 atom stereocenters. The van der Waals surface area contributed by atoms with Crippen molar-refractivity contribution in [3.63, 3.8) is 0 Å². The second-order valence-electron chi connectivity index (χ2n) is 7.05. The molecule has 1 aromatic heterocycles. The summed E-state index contributed by atoms with van der Waals surface area (Å²) >= 11 is 1.20. The summed E-state index contributed by atoms with van der Waals surface area (Å²) in [6, 6.07) is 10.2. The lowest BCUT2D eigenvalue weighted by atomic mass is 10.1. The number of esters is 2. The molecule has 9 nitrogen and oxygen atoms in total. The molecule has 0 spiro atoms. The lowest BCUT2D eigenvalue weighted by Gasteiger charge is -2.08. The zero-order valence-corrected chi connectivity index (χ0v) is 20.3. The Labute approximate surface area is 200 Å². The van der Waals surface area contributed by atoms with Gasteiger partial charge in [-0.3, -0.25) is 9.59 Å². The van der Waals surface area contributed by atoms with Crippen LogP contribution >= 0.6 is 11.3 Å². The van der Waals surface area contributed by atoms with E-state index in [1.807, 2.05) is 0 Å². The van der Waals surface area contributed by atoms with Crippen molar-refractivity contribution < 1.29 is 33.3 Å². The van der Waals surface area contributed by atoms with E-state index < -0.39 is 17.8 Å². The van der Waals surface area contributed by atoms with Crippen LogP contribution in [0.1, 0.15) is 29.8 Å². The molecule has 0 aliphatic carbocycles. The summed E-state index contributed by atoms with van der Waals surface area (Å²) < 4.78 is 23.0. The van der Waals surface area contributed by atoms with Crippen LogP contribution < -0.4 is 14.3 Å². The van der Waals surface area contributed by atoms with Gasteiger partial charge in [-0.1, -0.05) is 17.4 Å². The Hall–Kier alpha value is -3.66. The number of carbonyl (C=O) groups is 3. The van der Waals surface area contributed by atoms with Crippen LogP contribution in [0.2, 0.25) is 0 Å². The minimum Gasteiger partial charge on any atom is -0.493 e. The minimum atomic E-state index is -0.453. The molecular formula is C24H26N2O7S. The number of hydrogen-bond acceptors (Lipinski definition) is 8. The van der Waals surface area contributed by atoms with Gasteiger partial charge in [0, 0.05) is 0 Å². The van der Waals surface area contributed by atoms with Gasteiger partial charge in [-0.05, 0) is 49.7 Å². The van der Waals surface area contributed by atoms with Crippen molar-refractivity contribution in [3.8, 4) is 11.5 Å². The minimum absolute atomic E-state index is 0.0298. The number of carbonyl (C=O) groups excluding carboxylic acids is 3.